The fourth-order valence-electron chi connectivity index (χ4n) is 3.13. The molecule has 0 saturated carbocycles. The van der Waals surface area contributed by atoms with E-state index in [9.17, 15) is 4.39 Å². The molecule has 0 fully saturated rings. The quantitative estimate of drug-likeness (QED) is 0.579. The van der Waals surface area contributed by atoms with E-state index in [1.54, 1.807) is 12.1 Å². The molecule has 2 nitrogen and oxygen atoms in total. The number of benzene rings is 3. The molecule has 0 amide bonds. The first-order valence-corrected chi connectivity index (χ1v) is 8.52. The minimum atomic E-state index is -0.245. The van der Waals surface area contributed by atoms with Crippen molar-refractivity contribution in [3.8, 4) is 0 Å². The Morgan fingerprint density at radius 3 is 2.28 bits per heavy atom. The molecule has 25 heavy (non-hydrogen) atoms. The smallest absolute Gasteiger partial charge is 0.123 e. The maximum Gasteiger partial charge on any atom is 0.123 e. The first kappa shape index (κ1) is 15.9. The van der Waals surface area contributed by atoms with Gasteiger partial charge in [-0.3, -0.25) is 5.01 Å². The lowest BCUT2D eigenvalue weighted by Crippen LogP contribution is -2.18. The lowest BCUT2D eigenvalue weighted by atomic mass is 9.98. The van der Waals surface area contributed by atoms with Gasteiger partial charge in [0.1, 0.15) is 5.82 Å². The predicted molar refractivity (Wildman–Crippen MR) is 101 cm³/mol. The van der Waals surface area contributed by atoms with Crippen molar-refractivity contribution in [2.24, 2.45) is 5.10 Å². The van der Waals surface area contributed by atoms with E-state index in [-0.39, 0.29) is 11.9 Å². The SMILES string of the molecule is Fc1ccc(C2=NN(c3ccccc3)[C@H](c3ccccc3Cl)C2)cc1. The summed E-state index contributed by atoms with van der Waals surface area (Å²) in [4.78, 5) is 0. The van der Waals surface area contributed by atoms with Crippen molar-refractivity contribution in [1.29, 1.82) is 0 Å². The van der Waals surface area contributed by atoms with Gasteiger partial charge >= 0.3 is 0 Å². The Bertz CT molecular complexity index is 907. The molecule has 3 aromatic rings. The molecule has 124 valence electrons. The Morgan fingerprint density at radius 1 is 0.880 bits per heavy atom. The molecule has 3 aromatic carbocycles. The Kier molecular flexibility index (Phi) is 4.24. The van der Waals surface area contributed by atoms with Gasteiger partial charge in [0.15, 0.2) is 0 Å². The number of rotatable bonds is 3. The Morgan fingerprint density at radius 2 is 1.56 bits per heavy atom. The second-order valence-electron chi connectivity index (χ2n) is 5.98. The third-order valence-corrected chi connectivity index (χ3v) is 4.72. The van der Waals surface area contributed by atoms with Crippen LogP contribution in [0.2, 0.25) is 5.02 Å². The van der Waals surface area contributed by atoms with Gasteiger partial charge in [0.2, 0.25) is 0 Å². The first-order valence-electron chi connectivity index (χ1n) is 8.14. The van der Waals surface area contributed by atoms with E-state index in [1.165, 1.54) is 12.1 Å². The van der Waals surface area contributed by atoms with Gasteiger partial charge in [-0.15, -0.1) is 0 Å². The third-order valence-electron chi connectivity index (χ3n) is 4.37. The largest absolute Gasteiger partial charge is 0.257 e. The summed E-state index contributed by atoms with van der Waals surface area (Å²) < 4.78 is 13.2. The lowest BCUT2D eigenvalue weighted by Gasteiger charge is -2.24. The molecule has 0 spiro atoms. The zero-order valence-electron chi connectivity index (χ0n) is 13.4. The molecule has 0 N–H and O–H groups in total. The van der Waals surface area contributed by atoms with Gasteiger partial charge in [-0.25, -0.2) is 4.39 Å². The molecule has 0 aromatic heterocycles. The van der Waals surface area contributed by atoms with Crippen molar-refractivity contribution in [2.45, 2.75) is 12.5 Å². The van der Waals surface area contributed by atoms with Crippen LogP contribution in [-0.2, 0) is 0 Å². The monoisotopic (exact) mass is 350 g/mol. The lowest BCUT2D eigenvalue weighted by molar-refractivity contribution is 0.627. The van der Waals surface area contributed by atoms with Crippen LogP contribution in [-0.4, -0.2) is 5.71 Å². The predicted octanol–water partition coefficient (Wildman–Crippen LogP) is 5.83. The highest BCUT2D eigenvalue weighted by Crippen LogP contribution is 2.39. The molecular formula is C21H16ClFN2. The third kappa shape index (κ3) is 3.15. The summed E-state index contributed by atoms with van der Waals surface area (Å²) in [7, 11) is 0. The molecular weight excluding hydrogens is 335 g/mol. The second-order valence-corrected chi connectivity index (χ2v) is 6.38. The average Bonchev–Trinajstić information content (AvgIpc) is 3.08. The van der Waals surface area contributed by atoms with Crippen molar-refractivity contribution < 1.29 is 4.39 Å². The highest BCUT2D eigenvalue weighted by molar-refractivity contribution is 6.31. The van der Waals surface area contributed by atoms with Crippen molar-refractivity contribution in [3.63, 3.8) is 0 Å². The number of para-hydroxylation sites is 1. The van der Waals surface area contributed by atoms with Gasteiger partial charge in [0.05, 0.1) is 17.4 Å². The van der Waals surface area contributed by atoms with Gasteiger partial charge < -0.3 is 0 Å². The fraction of sp³-hybridized carbons (Fsp3) is 0.0952. The molecule has 1 heterocycles. The Balaban J connectivity index is 1.77. The van der Waals surface area contributed by atoms with Crippen LogP contribution >= 0.6 is 11.6 Å². The van der Waals surface area contributed by atoms with Crippen molar-refractivity contribution in [3.05, 3.63) is 101 Å². The molecule has 4 rings (SSSR count). The molecule has 0 bridgehead atoms. The van der Waals surface area contributed by atoms with Crippen LogP contribution in [0.5, 0.6) is 0 Å². The minimum absolute atomic E-state index is 0.0103. The maximum absolute atomic E-state index is 13.2. The normalized spacial score (nSPS) is 16.8. The summed E-state index contributed by atoms with van der Waals surface area (Å²) in [5.74, 6) is -0.245. The molecule has 1 aliphatic heterocycles. The number of anilines is 1. The van der Waals surface area contributed by atoms with E-state index < -0.39 is 0 Å². The van der Waals surface area contributed by atoms with E-state index in [0.29, 0.717) is 6.42 Å². The van der Waals surface area contributed by atoms with Crippen LogP contribution < -0.4 is 5.01 Å². The molecule has 4 heteroatoms. The zero-order valence-corrected chi connectivity index (χ0v) is 14.2. The van der Waals surface area contributed by atoms with Gasteiger partial charge in [-0.1, -0.05) is 60.1 Å². The molecule has 1 aliphatic rings. The summed E-state index contributed by atoms with van der Waals surface area (Å²) in [5, 5.41) is 7.55. The standard InChI is InChI=1S/C21H16ClFN2/c22-19-9-5-4-8-18(19)21-14-20(15-10-12-16(23)13-11-15)24-25(21)17-6-2-1-3-7-17/h1-13,21H,14H2/t21-/m0/s1. The number of hydrazone groups is 1. The maximum atomic E-state index is 13.2. The summed E-state index contributed by atoms with van der Waals surface area (Å²) >= 11 is 6.44. The van der Waals surface area contributed by atoms with Crippen LogP contribution in [0.15, 0.2) is 84.0 Å². The number of hydrogen-bond acceptors (Lipinski definition) is 2. The topological polar surface area (TPSA) is 15.6 Å². The Labute approximate surface area is 151 Å². The molecule has 0 saturated heterocycles. The van der Waals surface area contributed by atoms with Gasteiger partial charge in [0, 0.05) is 11.4 Å². The van der Waals surface area contributed by atoms with Gasteiger partial charge in [0.25, 0.3) is 0 Å². The highest BCUT2D eigenvalue weighted by atomic mass is 35.5. The van der Waals surface area contributed by atoms with E-state index in [0.717, 1.165) is 27.5 Å². The Hall–Kier alpha value is -2.65. The van der Waals surface area contributed by atoms with Crippen LogP contribution in [0.1, 0.15) is 23.6 Å². The molecule has 0 aliphatic carbocycles. The van der Waals surface area contributed by atoms with E-state index in [1.807, 2.05) is 59.6 Å². The minimum Gasteiger partial charge on any atom is -0.257 e. The first-order chi connectivity index (χ1) is 12.2. The zero-order chi connectivity index (χ0) is 17.2. The number of hydrogen-bond donors (Lipinski definition) is 0. The molecule has 1 atom stereocenters. The van der Waals surface area contributed by atoms with Crippen LogP contribution in [0.3, 0.4) is 0 Å². The average molecular weight is 351 g/mol. The van der Waals surface area contributed by atoms with Crippen LogP contribution in [0.4, 0.5) is 10.1 Å². The van der Waals surface area contributed by atoms with Crippen molar-refractivity contribution >= 4 is 23.0 Å². The summed E-state index contributed by atoms with van der Waals surface area (Å²) in [6.45, 7) is 0. The number of nitrogens with zero attached hydrogens (tertiary/aromatic N) is 2. The van der Waals surface area contributed by atoms with Crippen LogP contribution in [0, 0.1) is 5.82 Å². The summed E-state index contributed by atoms with van der Waals surface area (Å²) in [6.07, 6.45) is 0.713. The molecule has 0 unspecified atom stereocenters. The van der Waals surface area contributed by atoms with Crippen LogP contribution in [0.25, 0.3) is 0 Å². The summed E-state index contributed by atoms with van der Waals surface area (Å²) in [5.41, 5.74) is 3.89. The number of halogens is 2. The fourth-order valence-corrected chi connectivity index (χ4v) is 3.40. The summed E-state index contributed by atoms with van der Waals surface area (Å²) in [6, 6.07) is 24.3. The van der Waals surface area contributed by atoms with E-state index in [4.69, 9.17) is 16.7 Å². The molecule has 0 radical (unpaired) electrons. The van der Waals surface area contributed by atoms with Crippen molar-refractivity contribution in [1.82, 2.24) is 0 Å². The van der Waals surface area contributed by atoms with E-state index >= 15 is 0 Å². The van der Waals surface area contributed by atoms with E-state index in [2.05, 4.69) is 0 Å². The van der Waals surface area contributed by atoms with Crippen molar-refractivity contribution in [2.75, 3.05) is 5.01 Å². The van der Waals surface area contributed by atoms with Gasteiger partial charge in [-0.05, 0) is 41.5 Å². The second kappa shape index (κ2) is 6.69. The van der Waals surface area contributed by atoms with Gasteiger partial charge in [-0.2, -0.15) is 5.10 Å². The highest BCUT2D eigenvalue weighted by Gasteiger charge is 2.31.